The summed E-state index contributed by atoms with van der Waals surface area (Å²) in [4.78, 5) is 22.0. The maximum Gasteiger partial charge on any atom is 0.256 e. The van der Waals surface area contributed by atoms with Crippen LogP contribution in [0.1, 0.15) is 22.8 Å². The van der Waals surface area contributed by atoms with E-state index in [9.17, 15) is 4.79 Å². The first-order valence-corrected chi connectivity index (χ1v) is 11.5. The summed E-state index contributed by atoms with van der Waals surface area (Å²) in [7, 11) is 4.05. The molecule has 2 aliphatic rings. The lowest BCUT2D eigenvalue weighted by molar-refractivity contribution is 0.102. The van der Waals surface area contributed by atoms with E-state index in [1.54, 1.807) is 10.9 Å². The van der Waals surface area contributed by atoms with Crippen LogP contribution >= 0.6 is 0 Å². The van der Waals surface area contributed by atoms with E-state index in [4.69, 9.17) is 0 Å². The molecule has 2 N–H and O–H groups in total. The number of rotatable bonds is 4. The van der Waals surface area contributed by atoms with Crippen LogP contribution in [0.25, 0.3) is 17.8 Å². The molecule has 8 heteroatoms. The molecule has 0 radical (unpaired) electrons. The van der Waals surface area contributed by atoms with Gasteiger partial charge in [0.1, 0.15) is 5.82 Å². The number of likely N-dealkylation sites (N-methyl/N-ethyl adjacent to an activating group) is 1. The number of benzene rings is 1. The lowest BCUT2D eigenvalue weighted by Gasteiger charge is -2.34. The number of carbonyl (C=O) groups excluding carboxylic acids is 1. The molecule has 1 aromatic carbocycles. The van der Waals surface area contributed by atoms with Gasteiger partial charge in [-0.1, -0.05) is 0 Å². The van der Waals surface area contributed by atoms with Crippen LogP contribution in [0.15, 0.2) is 54.6 Å². The number of anilines is 2. The summed E-state index contributed by atoms with van der Waals surface area (Å²) in [6.07, 6.45) is 9.63. The highest BCUT2D eigenvalue weighted by Gasteiger charge is 2.15. The van der Waals surface area contributed by atoms with E-state index in [1.807, 2.05) is 62.9 Å². The maximum atomic E-state index is 12.9. The molecule has 0 saturated carbocycles. The molecule has 0 unspecified atom stereocenters. The first-order chi connectivity index (χ1) is 16.5. The summed E-state index contributed by atoms with van der Waals surface area (Å²) >= 11 is 0. The zero-order valence-electron chi connectivity index (χ0n) is 19.7. The Kier molecular flexibility index (Phi) is 5.90. The fraction of sp³-hybridized carbons (Fsp3) is 0.269. The van der Waals surface area contributed by atoms with Gasteiger partial charge in [0.05, 0.1) is 6.20 Å². The normalized spacial score (nSPS) is 16.1. The Hall–Kier alpha value is -3.91. The third-order valence-corrected chi connectivity index (χ3v) is 6.37. The fourth-order valence-electron chi connectivity index (χ4n) is 4.26. The van der Waals surface area contributed by atoms with E-state index in [1.165, 1.54) is 0 Å². The quantitative estimate of drug-likeness (QED) is 0.619. The van der Waals surface area contributed by atoms with Crippen molar-refractivity contribution < 1.29 is 4.79 Å². The number of aryl methyl sites for hydroxylation is 1. The Morgan fingerprint density at radius 1 is 1.03 bits per heavy atom. The number of allylic oxidation sites excluding steroid dienone is 2. The topological polar surface area (TPSA) is 78.3 Å². The molecule has 0 spiro atoms. The van der Waals surface area contributed by atoms with E-state index in [-0.39, 0.29) is 5.91 Å². The maximum absolute atomic E-state index is 12.9. The Labute approximate surface area is 198 Å². The van der Waals surface area contributed by atoms with Gasteiger partial charge >= 0.3 is 0 Å². The minimum atomic E-state index is -0.174. The van der Waals surface area contributed by atoms with Crippen molar-refractivity contribution in [3.63, 3.8) is 0 Å². The van der Waals surface area contributed by atoms with Crippen LogP contribution in [0.2, 0.25) is 0 Å². The van der Waals surface area contributed by atoms with Crippen molar-refractivity contribution in [1.82, 2.24) is 25.0 Å². The fourth-order valence-corrected chi connectivity index (χ4v) is 4.26. The summed E-state index contributed by atoms with van der Waals surface area (Å²) in [6.45, 7) is 6.13. The van der Waals surface area contributed by atoms with E-state index in [0.29, 0.717) is 11.4 Å². The molecule has 174 valence electrons. The molecule has 5 rings (SSSR count). The predicted octanol–water partition coefficient (Wildman–Crippen LogP) is 1.37. The van der Waals surface area contributed by atoms with Crippen LogP contribution in [-0.2, 0) is 7.05 Å². The van der Waals surface area contributed by atoms with Gasteiger partial charge in [0.25, 0.3) is 5.91 Å². The zero-order valence-corrected chi connectivity index (χ0v) is 19.7. The molecule has 0 atom stereocenters. The molecule has 0 bridgehead atoms. The van der Waals surface area contributed by atoms with Gasteiger partial charge in [-0.25, -0.2) is 4.98 Å². The number of hydrogen-bond acceptors (Lipinski definition) is 6. The number of pyridine rings is 1. The lowest BCUT2D eigenvalue weighted by Crippen LogP contribution is -2.44. The van der Waals surface area contributed by atoms with Crippen LogP contribution in [0.3, 0.4) is 0 Å². The highest BCUT2D eigenvalue weighted by atomic mass is 16.1. The summed E-state index contributed by atoms with van der Waals surface area (Å²) < 4.78 is 1.78. The van der Waals surface area contributed by atoms with Crippen LogP contribution in [0.4, 0.5) is 11.5 Å². The molecule has 4 heterocycles. The summed E-state index contributed by atoms with van der Waals surface area (Å²) in [5, 5.41) is 12.5. The Balaban J connectivity index is 1.35. The summed E-state index contributed by atoms with van der Waals surface area (Å²) in [6, 6.07) is 9.70. The smallest absolute Gasteiger partial charge is 0.256 e. The van der Waals surface area contributed by atoms with Crippen LogP contribution in [0.5, 0.6) is 0 Å². The number of nitrogens with zero attached hydrogens (tertiary/aromatic N) is 5. The zero-order chi connectivity index (χ0) is 23.7. The molecule has 2 aromatic heterocycles. The molecule has 8 nitrogen and oxygen atoms in total. The van der Waals surface area contributed by atoms with Crippen molar-refractivity contribution in [2.24, 2.45) is 7.05 Å². The molecular weight excluding hydrogens is 426 g/mol. The molecule has 1 fully saturated rings. The number of fused-ring (bicyclic) bond motifs is 1. The van der Waals surface area contributed by atoms with Gasteiger partial charge in [0.2, 0.25) is 0 Å². The standard InChI is InChI=1S/C26H29N7O/c1-18-24(22-16-29-32(3)17-22)12-20-13-25(28-15-21(20)14-27-18)30-26(34)19-4-6-23(7-5-19)33-10-8-31(2)9-11-33/h4-7,12-17,27H,8-11H2,1-3H3,(H,30,34). The lowest BCUT2D eigenvalue weighted by atomic mass is 10.1. The van der Waals surface area contributed by atoms with Crippen molar-refractivity contribution in [3.05, 3.63) is 76.2 Å². The molecular formula is C26H29N7O. The number of aromatic nitrogens is 3. The minimum absolute atomic E-state index is 0.174. The highest BCUT2D eigenvalue weighted by molar-refractivity contribution is 6.04. The van der Waals surface area contributed by atoms with Crippen molar-refractivity contribution in [3.8, 4) is 0 Å². The SMILES string of the molecule is CC1=C(c2cnn(C)c2)C=c2cc(NC(=O)c3ccc(N4CCN(C)CC4)cc3)ncc2=CN1. The number of hydrogen-bond donors (Lipinski definition) is 2. The number of amides is 1. The largest absolute Gasteiger partial charge is 0.369 e. The Bertz CT molecular complexity index is 1360. The van der Waals surface area contributed by atoms with Crippen molar-refractivity contribution in [1.29, 1.82) is 0 Å². The molecule has 34 heavy (non-hydrogen) atoms. The van der Waals surface area contributed by atoms with Crippen molar-refractivity contribution >= 4 is 35.3 Å². The highest BCUT2D eigenvalue weighted by Crippen LogP contribution is 2.20. The van der Waals surface area contributed by atoms with Crippen LogP contribution in [-0.4, -0.2) is 58.8 Å². The minimum Gasteiger partial charge on any atom is -0.369 e. The Morgan fingerprint density at radius 3 is 2.50 bits per heavy atom. The van der Waals surface area contributed by atoms with Crippen LogP contribution in [0, 0.1) is 0 Å². The van der Waals surface area contributed by atoms with Crippen LogP contribution < -0.4 is 26.0 Å². The van der Waals surface area contributed by atoms with E-state index in [0.717, 1.165) is 59.1 Å². The van der Waals surface area contributed by atoms with Crippen molar-refractivity contribution in [2.75, 3.05) is 43.4 Å². The summed E-state index contributed by atoms with van der Waals surface area (Å²) in [5.41, 5.74) is 4.85. The number of carbonyl (C=O) groups is 1. The average molecular weight is 456 g/mol. The van der Waals surface area contributed by atoms with E-state index < -0.39 is 0 Å². The first-order valence-electron chi connectivity index (χ1n) is 11.5. The average Bonchev–Trinajstić information content (AvgIpc) is 3.20. The molecule has 0 aliphatic carbocycles. The van der Waals surface area contributed by atoms with Gasteiger partial charge in [-0.2, -0.15) is 5.10 Å². The molecule has 1 amide bonds. The predicted molar refractivity (Wildman–Crippen MR) is 135 cm³/mol. The number of piperazine rings is 1. The molecule has 1 saturated heterocycles. The van der Waals surface area contributed by atoms with Gasteiger partial charge in [-0.3, -0.25) is 9.48 Å². The van der Waals surface area contributed by atoms with Gasteiger partial charge in [-0.15, -0.1) is 0 Å². The second kappa shape index (κ2) is 9.15. The Morgan fingerprint density at radius 2 is 1.79 bits per heavy atom. The first kappa shape index (κ1) is 21.9. The van der Waals surface area contributed by atoms with E-state index >= 15 is 0 Å². The van der Waals surface area contributed by atoms with Crippen molar-refractivity contribution in [2.45, 2.75) is 6.92 Å². The van der Waals surface area contributed by atoms with Gasteiger partial charge in [0, 0.05) is 85.1 Å². The van der Waals surface area contributed by atoms with Gasteiger partial charge in [-0.05, 0) is 55.6 Å². The second-order valence-electron chi connectivity index (χ2n) is 8.86. The molecule has 2 aliphatic heterocycles. The molecule has 3 aromatic rings. The monoisotopic (exact) mass is 455 g/mol. The third kappa shape index (κ3) is 4.58. The van der Waals surface area contributed by atoms with Gasteiger partial charge < -0.3 is 20.4 Å². The third-order valence-electron chi connectivity index (χ3n) is 6.37. The summed E-state index contributed by atoms with van der Waals surface area (Å²) in [5.74, 6) is 0.342. The van der Waals surface area contributed by atoms with E-state index in [2.05, 4.69) is 43.6 Å². The second-order valence-corrected chi connectivity index (χ2v) is 8.86. The van der Waals surface area contributed by atoms with Gasteiger partial charge in [0.15, 0.2) is 0 Å². The number of nitrogens with one attached hydrogen (secondary N) is 2.